The number of hydrogen-bond donors (Lipinski definition) is 0. The zero-order chi connectivity index (χ0) is 19.6. The number of piperidine rings is 1. The van der Waals surface area contributed by atoms with Crippen molar-refractivity contribution in [1.82, 2.24) is 9.80 Å². The van der Waals surface area contributed by atoms with Gasteiger partial charge in [-0.3, -0.25) is 9.69 Å². The van der Waals surface area contributed by atoms with E-state index in [1.54, 1.807) is 7.11 Å². The number of methoxy groups -OCH3 is 1. The Bertz CT molecular complexity index is 822. The molecule has 5 heteroatoms. The fourth-order valence-corrected chi connectivity index (χ4v) is 4.65. The minimum Gasteiger partial charge on any atom is -0.497 e. The molecule has 28 heavy (non-hydrogen) atoms. The van der Waals surface area contributed by atoms with E-state index in [2.05, 4.69) is 4.90 Å². The van der Waals surface area contributed by atoms with Crippen molar-refractivity contribution in [3.63, 3.8) is 0 Å². The van der Waals surface area contributed by atoms with Crippen LogP contribution in [0.1, 0.15) is 35.2 Å². The summed E-state index contributed by atoms with van der Waals surface area (Å²) in [7, 11) is 1.63. The van der Waals surface area contributed by atoms with Crippen LogP contribution in [-0.4, -0.2) is 49.0 Å². The highest BCUT2D eigenvalue weighted by molar-refractivity contribution is 5.94. The Morgan fingerprint density at radius 2 is 1.79 bits per heavy atom. The maximum absolute atomic E-state index is 13.1. The van der Waals surface area contributed by atoms with Gasteiger partial charge in [0.25, 0.3) is 5.91 Å². The van der Waals surface area contributed by atoms with Crippen LogP contribution in [-0.2, 0) is 6.54 Å². The topological polar surface area (TPSA) is 32.8 Å². The standard InChI is InChI=1S/C23H27FN2O2/c1-28-21-9-5-19(6-10-21)22(27)26-14-12-23(17-26)11-2-13-25(16-23)15-18-3-7-20(24)8-4-18/h3-10H,2,11-17H2,1H3. The highest BCUT2D eigenvalue weighted by Gasteiger charge is 2.42. The summed E-state index contributed by atoms with van der Waals surface area (Å²) in [6.45, 7) is 4.53. The molecular weight excluding hydrogens is 355 g/mol. The number of nitrogens with zero attached hydrogens (tertiary/aromatic N) is 2. The second-order valence-corrected chi connectivity index (χ2v) is 8.15. The number of likely N-dealkylation sites (tertiary alicyclic amines) is 2. The summed E-state index contributed by atoms with van der Waals surface area (Å²) in [5.41, 5.74) is 2.04. The van der Waals surface area contributed by atoms with Crippen LogP contribution in [0.5, 0.6) is 5.75 Å². The molecule has 2 heterocycles. The third-order valence-electron chi connectivity index (χ3n) is 6.12. The van der Waals surface area contributed by atoms with Crippen molar-refractivity contribution in [3.05, 3.63) is 65.5 Å². The Morgan fingerprint density at radius 3 is 2.50 bits per heavy atom. The lowest BCUT2D eigenvalue weighted by Gasteiger charge is -2.40. The van der Waals surface area contributed by atoms with Gasteiger partial charge in [0.2, 0.25) is 0 Å². The fourth-order valence-electron chi connectivity index (χ4n) is 4.65. The molecule has 0 radical (unpaired) electrons. The van der Waals surface area contributed by atoms with Gasteiger partial charge in [-0.15, -0.1) is 0 Å². The summed E-state index contributed by atoms with van der Waals surface area (Å²) in [6, 6.07) is 14.1. The molecule has 1 amide bonds. The van der Waals surface area contributed by atoms with Gasteiger partial charge >= 0.3 is 0 Å². The first-order valence-corrected chi connectivity index (χ1v) is 9.97. The highest BCUT2D eigenvalue weighted by atomic mass is 19.1. The molecule has 2 aromatic carbocycles. The van der Waals surface area contributed by atoms with Crippen LogP contribution in [0.3, 0.4) is 0 Å². The van der Waals surface area contributed by atoms with Crippen molar-refractivity contribution in [2.45, 2.75) is 25.8 Å². The number of benzene rings is 2. The smallest absolute Gasteiger partial charge is 0.253 e. The van der Waals surface area contributed by atoms with E-state index in [0.29, 0.717) is 0 Å². The number of carbonyl (C=O) groups is 1. The molecule has 4 rings (SSSR count). The Kier molecular flexibility index (Phi) is 5.36. The number of ether oxygens (including phenoxy) is 1. The van der Waals surface area contributed by atoms with E-state index in [1.165, 1.54) is 18.6 Å². The van der Waals surface area contributed by atoms with Crippen LogP contribution in [0.4, 0.5) is 4.39 Å². The molecule has 0 bridgehead atoms. The van der Waals surface area contributed by atoms with Crippen LogP contribution in [0.15, 0.2) is 48.5 Å². The first kappa shape index (κ1) is 18.9. The molecule has 2 aromatic rings. The molecule has 0 aromatic heterocycles. The number of hydrogen-bond acceptors (Lipinski definition) is 3. The molecule has 0 N–H and O–H groups in total. The van der Waals surface area contributed by atoms with Gasteiger partial charge in [0, 0.05) is 37.2 Å². The largest absolute Gasteiger partial charge is 0.497 e. The van der Waals surface area contributed by atoms with Gasteiger partial charge in [0.1, 0.15) is 11.6 Å². The molecule has 1 atom stereocenters. The van der Waals surface area contributed by atoms with Gasteiger partial charge in [-0.25, -0.2) is 4.39 Å². The Balaban J connectivity index is 1.39. The van der Waals surface area contributed by atoms with Gasteiger partial charge in [0.05, 0.1) is 7.11 Å². The van der Waals surface area contributed by atoms with E-state index in [1.807, 2.05) is 41.3 Å². The zero-order valence-electron chi connectivity index (χ0n) is 16.4. The lowest BCUT2D eigenvalue weighted by Crippen LogP contribution is -2.45. The maximum Gasteiger partial charge on any atom is 0.253 e. The third kappa shape index (κ3) is 4.04. The number of carbonyl (C=O) groups excluding carboxylic acids is 1. The highest BCUT2D eigenvalue weighted by Crippen LogP contribution is 2.39. The summed E-state index contributed by atoms with van der Waals surface area (Å²) in [5.74, 6) is 0.677. The fraction of sp³-hybridized carbons (Fsp3) is 0.435. The normalized spacial score (nSPS) is 22.6. The van der Waals surface area contributed by atoms with Crippen LogP contribution in [0, 0.1) is 11.2 Å². The van der Waals surface area contributed by atoms with E-state index >= 15 is 0 Å². The zero-order valence-corrected chi connectivity index (χ0v) is 16.4. The summed E-state index contributed by atoms with van der Waals surface area (Å²) in [6.07, 6.45) is 3.36. The third-order valence-corrected chi connectivity index (χ3v) is 6.12. The maximum atomic E-state index is 13.1. The molecule has 1 spiro atoms. The van der Waals surface area contributed by atoms with E-state index < -0.39 is 0 Å². The molecule has 2 saturated heterocycles. The Morgan fingerprint density at radius 1 is 1.04 bits per heavy atom. The lowest BCUT2D eigenvalue weighted by atomic mass is 9.79. The second-order valence-electron chi connectivity index (χ2n) is 8.15. The van der Waals surface area contributed by atoms with Crippen LogP contribution >= 0.6 is 0 Å². The molecule has 0 aliphatic carbocycles. The Hall–Kier alpha value is -2.40. The molecule has 2 fully saturated rings. The molecule has 4 nitrogen and oxygen atoms in total. The molecular formula is C23H27FN2O2. The monoisotopic (exact) mass is 382 g/mol. The van der Waals surface area contributed by atoms with Crippen molar-refractivity contribution < 1.29 is 13.9 Å². The SMILES string of the molecule is COc1ccc(C(=O)N2CCC3(CCCN(Cc4ccc(F)cc4)C3)C2)cc1. The van der Waals surface area contributed by atoms with Crippen LogP contribution in [0.25, 0.3) is 0 Å². The van der Waals surface area contributed by atoms with Gasteiger partial charge in [-0.1, -0.05) is 12.1 Å². The van der Waals surface area contributed by atoms with E-state index in [9.17, 15) is 9.18 Å². The van der Waals surface area contributed by atoms with Crippen molar-refractivity contribution >= 4 is 5.91 Å². The quantitative estimate of drug-likeness (QED) is 0.802. The van der Waals surface area contributed by atoms with Crippen molar-refractivity contribution in [1.29, 1.82) is 0 Å². The van der Waals surface area contributed by atoms with Gasteiger partial charge in [-0.05, 0) is 67.8 Å². The summed E-state index contributed by atoms with van der Waals surface area (Å²) in [4.78, 5) is 17.4. The first-order valence-electron chi connectivity index (χ1n) is 9.97. The van der Waals surface area contributed by atoms with E-state index in [4.69, 9.17) is 4.74 Å². The van der Waals surface area contributed by atoms with Gasteiger partial charge in [-0.2, -0.15) is 0 Å². The van der Waals surface area contributed by atoms with Crippen LogP contribution in [0.2, 0.25) is 0 Å². The number of halogens is 1. The van der Waals surface area contributed by atoms with E-state index in [-0.39, 0.29) is 17.1 Å². The molecule has 148 valence electrons. The average Bonchev–Trinajstić information content (AvgIpc) is 3.12. The molecule has 2 aliphatic rings. The Labute approximate surface area is 165 Å². The second kappa shape index (κ2) is 7.92. The lowest BCUT2D eigenvalue weighted by molar-refractivity contribution is 0.0675. The predicted molar refractivity (Wildman–Crippen MR) is 107 cm³/mol. The summed E-state index contributed by atoms with van der Waals surface area (Å²) < 4.78 is 18.3. The minimum atomic E-state index is -0.192. The van der Waals surface area contributed by atoms with Crippen molar-refractivity contribution in [2.24, 2.45) is 5.41 Å². The molecule has 1 unspecified atom stereocenters. The molecule has 0 saturated carbocycles. The first-order chi connectivity index (χ1) is 13.6. The number of amides is 1. The van der Waals surface area contributed by atoms with Gasteiger partial charge < -0.3 is 9.64 Å². The van der Waals surface area contributed by atoms with E-state index in [0.717, 1.165) is 62.4 Å². The minimum absolute atomic E-state index is 0.107. The number of rotatable bonds is 4. The van der Waals surface area contributed by atoms with Crippen LogP contribution < -0.4 is 4.74 Å². The summed E-state index contributed by atoms with van der Waals surface area (Å²) >= 11 is 0. The van der Waals surface area contributed by atoms with Crippen molar-refractivity contribution in [2.75, 3.05) is 33.3 Å². The average molecular weight is 382 g/mol. The predicted octanol–water partition coefficient (Wildman–Crippen LogP) is 3.96. The van der Waals surface area contributed by atoms with Crippen molar-refractivity contribution in [3.8, 4) is 5.75 Å². The molecule has 2 aliphatic heterocycles. The summed E-state index contributed by atoms with van der Waals surface area (Å²) in [5, 5.41) is 0. The van der Waals surface area contributed by atoms with Gasteiger partial charge in [0.15, 0.2) is 0 Å².